The van der Waals surface area contributed by atoms with E-state index in [1.807, 2.05) is 12.1 Å². The zero-order valence-corrected chi connectivity index (χ0v) is 16.4. The van der Waals surface area contributed by atoms with Crippen molar-refractivity contribution < 1.29 is 19.1 Å². The SMILES string of the molecule is O=C(NCc1ccc(C(=O)NC2CC2)cc1)c1ccc(OCC2CCCO2)cc1. The average molecular weight is 394 g/mol. The molecule has 6 heteroatoms. The molecular weight excluding hydrogens is 368 g/mol. The van der Waals surface area contributed by atoms with Crippen LogP contribution in [-0.2, 0) is 11.3 Å². The molecule has 2 amide bonds. The van der Waals surface area contributed by atoms with Crippen LogP contribution in [0.15, 0.2) is 48.5 Å². The van der Waals surface area contributed by atoms with E-state index in [2.05, 4.69) is 10.6 Å². The number of amides is 2. The molecule has 0 bridgehead atoms. The predicted octanol–water partition coefficient (Wildman–Crippen LogP) is 3.07. The second-order valence-corrected chi connectivity index (χ2v) is 7.60. The van der Waals surface area contributed by atoms with Crippen molar-refractivity contribution in [1.29, 1.82) is 0 Å². The van der Waals surface area contributed by atoms with E-state index in [4.69, 9.17) is 9.47 Å². The highest BCUT2D eigenvalue weighted by molar-refractivity contribution is 5.95. The quantitative estimate of drug-likeness (QED) is 0.721. The van der Waals surface area contributed by atoms with E-state index in [1.165, 1.54) is 0 Å². The van der Waals surface area contributed by atoms with Gasteiger partial charge in [0, 0.05) is 30.3 Å². The third-order valence-electron chi connectivity index (χ3n) is 5.16. The molecule has 1 heterocycles. The van der Waals surface area contributed by atoms with E-state index in [0.717, 1.165) is 43.6 Å². The van der Waals surface area contributed by atoms with Crippen LogP contribution in [0.4, 0.5) is 0 Å². The summed E-state index contributed by atoms with van der Waals surface area (Å²) in [5.74, 6) is 0.549. The Balaban J connectivity index is 1.23. The van der Waals surface area contributed by atoms with Crippen molar-refractivity contribution >= 4 is 11.8 Å². The zero-order chi connectivity index (χ0) is 20.1. The zero-order valence-electron chi connectivity index (χ0n) is 16.4. The fraction of sp³-hybridized carbons (Fsp3) is 0.391. The molecule has 29 heavy (non-hydrogen) atoms. The van der Waals surface area contributed by atoms with Gasteiger partial charge in [-0.2, -0.15) is 0 Å². The van der Waals surface area contributed by atoms with Crippen molar-refractivity contribution in [2.45, 2.75) is 44.4 Å². The average Bonchev–Trinajstić information content (AvgIpc) is 3.41. The minimum absolute atomic E-state index is 0.0371. The molecule has 2 fully saturated rings. The third-order valence-corrected chi connectivity index (χ3v) is 5.16. The molecule has 4 rings (SSSR count). The largest absolute Gasteiger partial charge is 0.491 e. The highest BCUT2D eigenvalue weighted by Gasteiger charge is 2.23. The smallest absolute Gasteiger partial charge is 0.251 e. The molecule has 2 aliphatic rings. The standard InChI is InChI=1S/C23H26N2O4/c26-22(17-7-11-20(12-8-17)29-15-21-2-1-13-28-21)24-14-16-3-5-18(6-4-16)23(27)25-19-9-10-19/h3-8,11-12,19,21H,1-2,9-10,13-15H2,(H,24,26)(H,25,27). The summed E-state index contributed by atoms with van der Waals surface area (Å²) in [5, 5.41) is 5.87. The lowest BCUT2D eigenvalue weighted by Gasteiger charge is -2.12. The molecule has 1 saturated carbocycles. The van der Waals surface area contributed by atoms with Crippen molar-refractivity contribution in [1.82, 2.24) is 10.6 Å². The fourth-order valence-electron chi connectivity index (χ4n) is 3.22. The Morgan fingerprint density at radius 1 is 0.931 bits per heavy atom. The minimum Gasteiger partial charge on any atom is -0.491 e. The van der Waals surface area contributed by atoms with Crippen molar-refractivity contribution in [3.8, 4) is 5.75 Å². The summed E-state index contributed by atoms with van der Waals surface area (Å²) in [4.78, 5) is 24.4. The Bertz CT molecular complexity index is 838. The van der Waals surface area contributed by atoms with E-state index in [9.17, 15) is 9.59 Å². The van der Waals surface area contributed by atoms with Crippen molar-refractivity contribution in [2.24, 2.45) is 0 Å². The van der Waals surface area contributed by atoms with Gasteiger partial charge in [-0.05, 0) is 67.6 Å². The highest BCUT2D eigenvalue weighted by Crippen LogP contribution is 2.19. The van der Waals surface area contributed by atoms with E-state index in [-0.39, 0.29) is 17.9 Å². The number of ether oxygens (including phenoxy) is 2. The van der Waals surface area contributed by atoms with E-state index >= 15 is 0 Å². The second kappa shape index (κ2) is 9.09. The van der Waals surface area contributed by atoms with Gasteiger partial charge < -0.3 is 20.1 Å². The number of hydrogen-bond donors (Lipinski definition) is 2. The number of hydrogen-bond acceptors (Lipinski definition) is 4. The molecule has 0 aromatic heterocycles. The Hall–Kier alpha value is -2.86. The lowest BCUT2D eigenvalue weighted by molar-refractivity contribution is 0.0679. The van der Waals surface area contributed by atoms with Gasteiger partial charge in [-0.1, -0.05) is 12.1 Å². The lowest BCUT2D eigenvalue weighted by Crippen LogP contribution is -2.25. The monoisotopic (exact) mass is 394 g/mol. The van der Waals surface area contributed by atoms with Crippen LogP contribution in [0.1, 0.15) is 52.0 Å². The molecule has 1 atom stereocenters. The summed E-state index contributed by atoms with van der Waals surface area (Å²) < 4.78 is 11.3. The Morgan fingerprint density at radius 2 is 1.62 bits per heavy atom. The van der Waals surface area contributed by atoms with Gasteiger partial charge in [-0.3, -0.25) is 9.59 Å². The first-order valence-corrected chi connectivity index (χ1v) is 10.2. The van der Waals surface area contributed by atoms with Crippen LogP contribution in [0, 0.1) is 0 Å². The van der Waals surface area contributed by atoms with E-state index in [0.29, 0.717) is 30.3 Å². The molecule has 1 saturated heterocycles. The van der Waals surface area contributed by atoms with Crippen LogP contribution in [0.2, 0.25) is 0 Å². The normalized spacial score (nSPS) is 18.3. The Labute approximate surface area is 170 Å². The second-order valence-electron chi connectivity index (χ2n) is 7.60. The maximum atomic E-state index is 12.4. The van der Waals surface area contributed by atoms with Gasteiger partial charge in [0.05, 0.1) is 6.10 Å². The van der Waals surface area contributed by atoms with Crippen LogP contribution in [-0.4, -0.2) is 37.2 Å². The van der Waals surface area contributed by atoms with Crippen LogP contribution < -0.4 is 15.4 Å². The molecule has 0 radical (unpaired) electrons. The maximum absolute atomic E-state index is 12.4. The number of rotatable bonds is 8. The van der Waals surface area contributed by atoms with Gasteiger partial charge >= 0.3 is 0 Å². The number of nitrogens with one attached hydrogen (secondary N) is 2. The molecule has 1 aliphatic heterocycles. The molecule has 0 spiro atoms. The van der Waals surface area contributed by atoms with Crippen LogP contribution in [0.3, 0.4) is 0 Å². The van der Waals surface area contributed by atoms with Crippen molar-refractivity contribution in [2.75, 3.05) is 13.2 Å². The van der Waals surface area contributed by atoms with Gasteiger partial charge in [0.25, 0.3) is 11.8 Å². The first-order chi connectivity index (χ1) is 14.2. The molecule has 2 aromatic carbocycles. The predicted molar refractivity (Wildman–Crippen MR) is 109 cm³/mol. The molecule has 1 aliphatic carbocycles. The first-order valence-electron chi connectivity index (χ1n) is 10.2. The maximum Gasteiger partial charge on any atom is 0.251 e. The fourth-order valence-corrected chi connectivity index (χ4v) is 3.22. The van der Waals surface area contributed by atoms with Gasteiger partial charge in [-0.25, -0.2) is 0 Å². The van der Waals surface area contributed by atoms with Crippen LogP contribution in [0.5, 0.6) is 5.75 Å². The van der Waals surface area contributed by atoms with E-state index in [1.54, 1.807) is 36.4 Å². The van der Waals surface area contributed by atoms with Crippen molar-refractivity contribution in [3.05, 3.63) is 65.2 Å². The molecule has 6 nitrogen and oxygen atoms in total. The summed E-state index contributed by atoms with van der Waals surface area (Å²) in [5.41, 5.74) is 2.17. The summed E-state index contributed by atoms with van der Waals surface area (Å²) in [6, 6.07) is 14.8. The lowest BCUT2D eigenvalue weighted by atomic mass is 10.1. The summed E-state index contributed by atoms with van der Waals surface area (Å²) in [6.45, 7) is 1.75. The molecular formula is C23H26N2O4. The minimum atomic E-state index is -0.147. The topological polar surface area (TPSA) is 76.7 Å². The Kier molecular flexibility index (Phi) is 6.10. The Morgan fingerprint density at radius 3 is 2.28 bits per heavy atom. The van der Waals surface area contributed by atoms with Gasteiger partial charge in [0.2, 0.25) is 0 Å². The van der Waals surface area contributed by atoms with Gasteiger partial charge in [0.1, 0.15) is 12.4 Å². The molecule has 1 unspecified atom stereocenters. The first kappa shape index (κ1) is 19.5. The molecule has 152 valence electrons. The molecule has 2 N–H and O–H groups in total. The van der Waals surface area contributed by atoms with Crippen LogP contribution >= 0.6 is 0 Å². The van der Waals surface area contributed by atoms with Crippen molar-refractivity contribution in [3.63, 3.8) is 0 Å². The van der Waals surface area contributed by atoms with Gasteiger partial charge in [0.15, 0.2) is 0 Å². The molecule has 2 aromatic rings. The van der Waals surface area contributed by atoms with Crippen LogP contribution in [0.25, 0.3) is 0 Å². The highest BCUT2D eigenvalue weighted by atomic mass is 16.5. The van der Waals surface area contributed by atoms with E-state index < -0.39 is 0 Å². The number of carbonyl (C=O) groups is 2. The summed E-state index contributed by atoms with van der Waals surface area (Å²) in [7, 11) is 0. The third kappa shape index (κ3) is 5.57. The summed E-state index contributed by atoms with van der Waals surface area (Å²) in [6.07, 6.45) is 4.43. The number of carbonyl (C=O) groups excluding carboxylic acids is 2. The van der Waals surface area contributed by atoms with Gasteiger partial charge in [-0.15, -0.1) is 0 Å². The summed E-state index contributed by atoms with van der Waals surface area (Å²) >= 11 is 0. The number of benzene rings is 2.